The zero-order valence-corrected chi connectivity index (χ0v) is 11.4. The van der Waals surface area contributed by atoms with Crippen LogP contribution < -0.4 is 10.6 Å². The van der Waals surface area contributed by atoms with Crippen LogP contribution in [-0.2, 0) is 0 Å². The lowest BCUT2D eigenvalue weighted by Crippen LogP contribution is -2.00. The SMILES string of the molecule is Fc1ccc(Nc2ccccc2Nc2ccc(F)cn2)nc1. The molecule has 3 rings (SSSR count). The van der Waals surface area contributed by atoms with Crippen LogP contribution in [0.4, 0.5) is 31.8 Å². The molecular formula is C16H12F2N4. The molecule has 0 bridgehead atoms. The fraction of sp³-hybridized carbons (Fsp3) is 0. The Morgan fingerprint density at radius 3 is 1.45 bits per heavy atom. The zero-order valence-electron chi connectivity index (χ0n) is 11.4. The van der Waals surface area contributed by atoms with Crippen molar-refractivity contribution in [2.45, 2.75) is 0 Å². The molecule has 0 fully saturated rings. The Morgan fingerprint density at radius 2 is 1.09 bits per heavy atom. The normalized spacial score (nSPS) is 10.3. The van der Waals surface area contributed by atoms with Crippen LogP contribution >= 0.6 is 0 Å². The van der Waals surface area contributed by atoms with Crippen molar-refractivity contribution in [2.75, 3.05) is 10.6 Å². The molecule has 1 aromatic carbocycles. The highest BCUT2D eigenvalue weighted by Crippen LogP contribution is 2.26. The Kier molecular flexibility index (Phi) is 3.91. The number of benzene rings is 1. The highest BCUT2D eigenvalue weighted by molar-refractivity contribution is 5.76. The summed E-state index contributed by atoms with van der Waals surface area (Å²) >= 11 is 0. The summed E-state index contributed by atoms with van der Waals surface area (Å²) in [5.41, 5.74) is 1.49. The largest absolute Gasteiger partial charge is 0.339 e. The van der Waals surface area contributed by atoms with Gasteiger partial charge in [0.2, 0.25) is 0 Å². The van der Waals surface area contributed by atoms with Gasteiger partial charge in [0.15, 0.2) is 0 Å². The zero-order chi connectivity index (χ0) is 15.4. The van der Waals surface area contributed by atoms with Crippen molar-refractivity contribution in [1.29, 1.82) is 0 Å². The monoisotopic (exact) mass is 298 g/mol. The Hall–Kier alpha value is -3.02. The van der Waals surface area contributed by atoms with E-state index in [1.165, 1.54) is 12.1 Å². The first-order chi connectivity index (χ1) is 10.7. The molecule has 0 unspecified atom stereocenters. The summed E-state index contributed by atoms with van der Waals surface area (Å²) in [6.45, 7) is 0. The quantitative estimate of drug-likeness (QED) is 0.756. The van der Waals surface area contributed by atoms with Gasteiger partial charge in [-0.15, -0.1) is 0 Å². The lowest BCUT2D eigenvalue weighted by atomic mass is 10.2. The van der Waals surface area contributed by atoms with Gasteiger partial charge in [-0.2, -0.15) is 0 Å². The maximum atomic E-state index is 12.9. The van der Waals surface area contributed by atoms with Gasteiger partial charge in [0.05, 0.1) is 23.8 Å². The Bertz CT molecular complexity index is 691. The number of hydrogen-bond donors (Lipinski definition) is 2. The summed E-state index contributed by atoms with van der Waals surface area (Å²) in [7, 11) is 0. The summed E-state index contributed by atoms with van der Waals surface area (Å²) in [5.74, 6) is 0.241. The third-order valence-electron chi connectivity index (χ3n) is 2.91. The molecule has 110 valence electrons. The molecule has 0 aliphatic rings. The minimum Gasteiger partial charge on any atom is -0.339 e. The molecular weight excluding hydrogens is 286 g/mol. The van der Waals surface area contributed by atoms with E-state index in [2.05, 4.69) is 20.6 Å². The van der Waals surface area contributed by atoms with E-state index < -0.39 is 11.6 Å². The molecule has 0 atom stereocenters. The van der Waals surface area contributed by atoms with Crippen molar-refractivity contribution in [1.82, 2.24) is 9.97 Å². The van der Waals surface area contributed by atoms with Crippen molar-refractivity contribution in [3.63, 3.8) is 0 Å². The molecule has 0 radical (unpaired) electrons. The first-order valence-electron chi connectivity index (χ1n) is 6.57. The predicted molar refractivity (Wildman–Crippen MR) is 81.4 cm³/mol. The second-order valence-electron chi connectivity index (χ2n) is 4.52. The molecule has 0 saturated carbocycles. The maximum Gasteiger partial charge on any atom is 0.141 e. The third-order valence-corrected chi connectivity index (χ3v) is 2.91. The van der Waals surface area contributed by atoms with Gasteiger partial charge in [0, 0.05) is 0 Å². The smallest absolute Gasteiger partial charge is 0.141 e. The fourth-order valence-electron chi connectivity index (χ4n) is 1.88. The molecule has 0 amide bonds. The summed E-state index contributed by atoms with van der Waals surface area (Å²) < 4.78 is 25.8. The maximum absolute atomic E-state index is 12.9. The molecule has 2 N–H and O–H groups in total. The molecule has 22 heavy (non-hydrogen) atoms. The molecule has 6 heteroatoms. The summed E-state index contributed by atoms with van der Waals surface area (Å²) in [4.78, 5) is 7.91. The summed E-state index contributed by atoms with van der Waals surface area (Å²) in [6.07, 6.45) is 2.28. The number of pyridine rings is 2. The number of hydrogen-bond acceptors (Lipinski definition) is 4. The van der Waals surface area contributed by atoms with Crippen LogP contribution in [0.3, 0.4) is 0 Å². The second kappa shape index (κ2) is 6.17. The highest BCUT2D eigenvalue weighted by atomic mass is 19.1. The van der Waals surface area contributed by atoms with Crippen molar-refractivity contribution >= 4 is 23.0 Å². The number of nitrogens with one attached hydrogen (secondary N) is 2. The number of anilines is 4. The van der Waals surface area contributed by atoms with E-state index in [0.29, 0.717) is 11.6 Å². The number of halogens is 2. The average Bonchev–Trinajstić information content (AvgIpc) is 2.54. The van der Waals surface area contributed by atoms with E-state index >= 15 is 0 Å². The third kappa shape index (κ3) is 3.35. The van der Waals surface area contributed by atoms with Crippen LogP contribution in [0.25, 0.3) is 0 Å². The highest BCUT2D eigenvalue weighted by Gasteiger charge is 2.04. The van der Waals surface area contributed by atoms with Gasteiger partial charge < -0.3 is 10.6 Å². The summed E-state index contributed by atoms with van der Waals surface area (Å²) in [5, 5.41) is 6.18. The van der Waals surface area contributed by atoms with Gasteiger partial charge >= 0.3 is 0 Å². The van der Waals surface area contributed by atoms with E-state index in [1.54, 1.807) is 12.1 Å². The standard InChI is InChI=1S/C16H12F2N4/c17-11-5-7-15(19-9-11)21-13-3-1-2-4-14(13)22-16-8-6-12(18)10-20-16/h1-10H,(H,19,21)(H,20,22). The molecule has 0 aliphatic carbocycles. The minimum atomic E-state index is -0.396. The van der Waals surface area contributed by atoms with Crippen molar-refractivity contribution < 1.29 is 8.78 Å². The Morgan fingerprint density at radius 1 is 0.636 bits per heavy atom. The first kappa shape index (κ1) is 13.9. The lowest BCUT2D eigenvalue weighted by Gasteiger charge is -2.12. The summed E-state index contributed by atoms with van der Waals surface area (Å²) in [6, 6.07) is 13.1. The minimum absolute atomic E-state index is 0.396. The van der Waals surface area contributed by atoms with Crippen molar-refractivity contribution in [3.05, 3.63) is 72.6 Å². The topological polar surface area (TPSA) is 49.8 Å². The number of aromatic nitrogens is 2. The van der Waals surface area contributed by atoms with Crippen LogP contribution in [0.2, 0.25) is 0 Å². The van der Waals surface area contributed by atoms with Crippen LogP contribution in [0.1, 0.15) is 0 Å². The fourth-order valence-corrected chi connectivity index (χ4v) is 1.88. The van der Waals surface area contributed by atoms with Gasteiger partial charge in [0.25, 0.3) is 0 Å². The molecule has 2 heterocycles. The van der Waals surface area contributed by atoms with Gasteiger partial charge in [0.1, 0.15) is 23.3 Å². The van der Waals surface area contributed by atoms with E-state index in [4.69, 9.17) is 0 Å². The molecule has 3 aromatic rings. The number of para-hydroxylation sites is 2. The average molecular weight is 298 g/mol. The predicted octanol–water partition coefficient (Wildman–Crippen LogP) is 4.24. The number of rotatable bonds is 4. The lowest BCUT2D eigenvalue weighted by molar-refractivity contribution is 0.621. The van der Waals surface area contributed by atoms with E-state index in [1.807, 2.05) is 24.3 Å². The van der Waals surface area contributed by atoms with Crippen molar-refractivity contribution in [2.24, 2.45) is 0 Å². The Balaban J connectivity index is 1.83. The Labute approximate surface area is 125 Å². The molecule has 0 spiro atoms. The van der Waals surface area contributed by atoms with Gasteiger partial charge in [-0.25, -0.2) is 18.7 Å². The van der Waals surface area contributed by atoms with Gasteiger partial charge in [-0.3, -0.25) is 0 Å². The van der Waals surface area contributed by atoms with Crippen molar-refractivity contribution in [3.8, 4) is 0 Å². The second-order valence-corrected chi connectivity index (χ2v) is 4.52. The van der Waals surface area contributed by atoms with Crippen LogP contribution in [0, 0.1) is 11.6 Å². The first-order valence-corrected chi connectivity index (χ1v) is 6.57. The van der Waals surface area contributed by atoms with Crippen LogP contribution in [-0.4, -0.2) is 9.97 Å². The van der Waals surface area contributed by atoms with Crippen LogP contribution in [0.15, 0.2) is 60.9 Å². The molecule has 0 aliphatic heterocycles. The van der Waals surface area contributed by atoms with Crippen LogP contribution in [0.5, 0.6) is 0 Å². The van der Waals surface area contributed by atoms with E-state index in [-0.39, 0.29) is 0 Å². The molecule has 2 aromatic heterocycles. The van der Waals surface area contributed by atoms with Gasteiger partial charge in [-0.05, 0) is 36.4 Å². The molecule has 0 saturated heterocycles. The molecule has 4 nitrogen and oxygen atoms in total. The number of nitrogens with zero attached hydrogens (tertiary/aromatic N) is 2. The van der Waals surface area contributed by atoms with E-state index in [9.17, 15) is 8.78 Å². The van der Waals surface area contributed by atoms with E-state index in [0.717, 1.165) is 23.8 Å². The van der Waals surface area contributed by atoms with Gasteiger partial charge in [-0.1, -0.05) is 12.1 Å².